The number of aromatic nitrogens is 2. The molecular formula is C18H15F2N3O2S2. The smallest absolute Gasteiger partial charge is 0.210 e. The quantitative estimate of drug-likeness (QED) is 0.442. The fourth-order valence-electron chi connectivity index (χ4n) is 2.19. The van der Waals surface area contributed by atoms with Crippen LogP contribution in [0.1, 0.15) is 17.3 Å². The second kappa shape index (κ2) is 8.45. The molecule has 0 aliphatic heterocycles. The summed E-state index contributed by atoms with van der Waals surface area (Å²) < 4.78 is 32.0. The van der Waals surface area contributed by atoms with Crippen LogP contribution in [0.4, 0.5) is 19.6 Å². The Labute approximate surface area is 162 Å². The SMILES string of the molecule is COc1ccc(Nc2nnc(S[C@H](C)C(=O)c3ccc(F)c(F)c3)s2)cc1. The molecule has 1 N–H and O–H groups in total. The first-order valence-corrected chi connectivity index (χ1v) is 9.56. The van der Waals surface area contributed by atoms with Crippen LogP contribution >= 0.6 is 23.1 Å². The minimum Gasteiger partial charge on any atom is -0.497 e. The third-order valence-corrected chi connectivity index (χ3v) is 5.62. The Morgan fingerprint density at radius 2 is 1.89 bits per heavy atom. The fraction of sp³-hybridized carbons (Fsp3) is 0.167. The summed E-state index contributed by atoms with van der Waals surface area (Å²) in [7, 11) is 1.60. The second-order valence-corrected chi connectivity index (χ2v) is 8.05. The van der Waals surface area contributed by atoms with E-state index in [-0.39, 0.29) is 11.3 Å². The van der Waals surface area contributed by atoms with Gasteiger partial charge < -0.3 is 10.1 Å². The van der Waals surface area contributed by atoms with Gasteiger partial charge in [-0.25, -0.2) is 8.78 Å². The Hall–Kier alpha value is -2.52. The summed E-state index contributed by atoms with van der Waals surface area (Å²) in [5.41, 5.74) is 0.949. The lowest BCUT2D eigenvalue weighted by atomic mass is 10.1. The van der Waals surface area contributed by atoms with Gasteiger partial charge >= 0.3 is 0 Å². The molecule has 0 amide bonds. The number of Topliss-reactive ketones (excluding diaryl/α,β-unsaturated/α-hetero) is 1. The van der Waals surface area contributed by atoms with Crippen molar-refractivity contribution >= 4 is 39.7 Å². The minimum absolute atomic E-state index is 0.120. The minimum atomic E-state index is -1.04. The third-order valence-electron chi connectivity index (χ3n) is 3.60. The molecule has 0 bridgehead atoms. The van der Waals surface area contributed by atoms with Gasteiger partial charge in [0.2, 0.25) is 5.13 Å². The van der Waals surface area contributed by atoms with Crippen LogP contribution in [0.3, 0.4) is 0 Å². The Bertz CT molecular complexity index is 948. The van der Waals surface area contributed by atoms with E-state index >= 15 is 0 Å². The van der Waals surface area contributed by atoms with Gasteiger partial charge in [-0.15, -0.1) is 10.2 Å². The topological polar surface area (TPSA) is 64.1 Å². The maximum Gasteiger partial charge on any atom is 0.210 e. The van der Waals surface area contributed by atoms with Crippen molar-refractivity contribution in [2.75, 3.05) is 12.4 Å². The molecule has 3 rings (SSSR count). The van der Waals surface area contributed by atoms with Gasteiger partial charge in [-0.05, 0) is 49.4 Å². The van der Waals surface area contributed by atoms with Crippen LogP contribution in [-0.4, -0.2) is 28.3 Å². The monoisotopic (exact) mass is 407 g/mol. The number of benzene rings is 2. The maximum atomic E-state index is 13.3. The highest BCUT2D eigenvalue weighted by Crippen LogP contribution is 2.32. The van der Waals surface area contributed by atoms with Gasteiger partial charge in [0.1, 0.15) is 5.75 Å². The summed E-state index contributed by atoms with van der Waals surface area (Å²) in [5, 5.41) is 11.3. The van der Waals surface area contributed by atoms with Gasteiger partial charge in [0.05, 0.1) is 12.4 Å². The highest BCUT2D eigenvalue weighted by Gasteiger charge is 2.20. The van der Waals surface area contributed by atoms with Crippen molar-refractivity contribution in [2.45, 2.75) is 16.5 Å². The summed E-state index contributed by atoms with van der Waals surface area (Å²) in [6, 6.07) is 10.5. The molecule has 0 saturated carbocycles. The largest absolute Gasteiger partial charge is 0.497 e. The number of hydrogen-bond acceptors (Lipinski definition) is 7. The van der Waals surface area contributed by atoms with Gasteiger partial charge in [0, 0.05) is 11.3 Å². The molecule has 9 heteroatoms. The molecule has 0 saturated heterocycles. The number of ether oxygens (including phenoxy) is 1. The van der Waals surface area contributed by atoms with Gasteiger partial charge in [0.15, 0.2) is 21.8 Å². The zero-order valence-corrected chi connectivity index (χ0v) is 16.0. The number of carbonyl (C=O) groups excluding carboxylic acids is 1. The normalized spacial score (nSPS) is 11.9. The number of nitrogens with one attached hydrogen (secondary N) is 1. The van der Waals surface area contributed by atoms with Crippen molar-refractivity contribution in [1.29, 1.82) is 0 Å². The molecule has 0 unspecified atom stereocenters. The van der Waals surface area contributed by atoms with Crippen molar-refractivity contribution in [2.24, 2.45) is 0 Å². The zero-order valence-electron chi connectivity index (χ0n) is 14.4. The average Bonchev–Trinajstić information content (AvgIpc) is 3.10. The number of halogens is 2. The predicted octanol–water partition coefficient (Wildman–Crippen LogP) is 4.93. The number of nitrogens with zero attached hydrogens (tertiary/aromatic N) is 2. The first kappa shape index (κ1) is 19.2. The van der Waals surface area contributed by atoms with E-state index in [9.17, 15) is 13.6 Å². The van der Waals surface area contributed by atoms with Crippen LogP contribution < -0.4 is 10.1 Å². The number of thioether (sulfide) groups is 1. The number of rotatable bonds is 7. The van der Waals surface area contributed by atoms with E-state index < -0.39 is 16.9 Å². The molecule has 0 spiro atoms. The molecule has 3 aromatic rings. The van der Waals surface area contributed by atoms with E-state index in [1.54, 1.807) is 14.0 Å². The zero-order chi connectivity index (χ0) is 19.4. The summed E-state index contributed by atoms with van der Waals surface area (Å²) in [5.74, 6) is -1.58. The molecule has 0 aliphatic rings. The van der Waals surface area contributed by atoms with E-state index in [1.807, 2.05) is 24.3 Å². The lowest BCUT2D eigenvalue weighted by Crippen LogP contribution is -2.13. The summed E-state index contributed by atoms with van der Waals surface area (Å²) >= 11 is 2.51. The molecule has 1 heterocycles. The van der Waals surface area contributed by atoms with Gasteiger partial charge in [-0.1, -0.05) is 23.1 Å². The van der Waals surface area contributed by atoms with E-state index in [4.69, 9.17) is 4.74 Å². The van der Waals surface area contributed by atoms with E-state index in [1.165, 1.54) is 29.2 Å². The average molecular weight is 407 g/mol. The van der Waals surface area contributed by atoms with Crippen molar-refractivity contribution in [1.82, 2.24) is 10.2 Å². The summed E-state index contributed by atoms with van der Waals surface area (Å²) in [6.07, 6.45) is 0. The third kappa shape index (κ3) is 4.81. The lowest BCUT2D eigenvalue weighted by molar-refractivity contribution is 0.0993. The van der Waals surface area contributed by atoms with Crippen LogP contribution in [0.25, 0.3) is 0 Å². The van der Waals surface area contributed by atoms with Crippen molar-refractivity contribution in [3.05, 3.63) is 59.7 Å². The molecular weight excluding hydrogens is 392 g/mol. The maximum absolute atomic E-state index is 13.3. The molecule has 0 aliphatic carbocycles. The molecule has 140 valence electrons. The molecule has 1 atom stereocenters. The second-order valence-electron chi connectivity index (χ2n) is 5.48. The number of hydrogen-bond donors (Lipinski definition) is 1. The molecule has 27 heavy (non-hydrogen) atoms. The Balaban J connectivity index is 1.63. The highest BCUT2D eigenvalue weighted by atomic mass is 32.2. The Morgan fingerprint density at radius 3 is 2.56 bits per heavy atom. The van der Waals surface area contributed by atoms with Crippen LogP contribution in [0.2, 0.25) is 0 Å². The first-order valence-electron chi connectivity index (χ1n) is 7.87. The summed E-state index contributed by atoms with van der Waals surface area (Å²) in [4.78, 5) is 12.4. The highest BCUT2D eigenvalue weighted by molar-refractivity contribution is 8.02. The van der Waals surface area contributed by atoms with Gasteiger partial charge in [-0.2, -0.15) is 0 Å². The molecule has 0 fully saturated rings. The number of ketones is 1. The van der Waals surface area contributed by atoms with Crippen molar-refractivity contribution < 1.29 is 18.3 Å². The van der Waals surface area contributed by atoms with Gasteiger partial charge in [-0.3, -0.25) is 4.79 Å². The number of methoxy groups -OCH3 is 1. The lowest BCUT2D eigenvalue weighted by Gasteiger charge is -2.08. The summed E-state index contributed by atoms with van der Waals surface area (Å²) in [6.45, 7) is 1.69. The predicted molar refractivity (Wildman–Crippen MR) is 102 cm³/mol. The standard InChI is InChI=1S/C18H15F2N3O2S2/c1-10(16(24)11-3-8-14(19)15(20)9-11)26-18-23-22-17(27-18)21-12-4-6-13(25-2)7-5-12/h3-10H,1-2H3,(H,21,22)/t10-/m1/s1. The van der Waals surface area contributed by atoms with E-state index in [0.717, 1.165) is 23.6 Å². The molecule has 5 nitrogen and oxygen atoms in total. The molecule has 2 aromatic carbocycles. The van der Waals surface area contributed by atoms with Crippen molar-refractivity contribution in [3.8, 4) is 5.75 Å². The van der Waals surface area contributed by atoms with Crippen LogP contribution in [-0.2, 0) is 0 Å². The number of carbonyl (C=O) groups is 1. The Kier molecular flexibility index (Phi) is 6.02. The van der Waals surface area contributed by atoms with Crippen LogP contribution in [0, 0.1) is 11.6 Å². The number of anilines is 2. The fourth-order valence-corrected chi connectivity index (χ4v) is 4.19. The van der Waals surface area contributed by atoms with Crippen molar-refractivity contribution in [3.63, 3.8) is 0 Å². The van der Waals surface area contributed by atoms with E-state index in [2.05, 4.69) is 15.5 Å². The van der Waals surface area contributed by atoms with Gasteiger partial charge in [0.25, 0.3) is 0 Å². The van der Waals surface area contributed by atoms with E-state index in [0.29, 0.717) is 9.47 Å². The van der Waals surface area contributed by atoms with Crippen LogP contribution in [0.5, 0.6) is 5.75 Å². The molecule has 0 radical (unpaired) electrons. The molecule has 1 aromatic heterocycles. The van der Waals surface area contributed by atoms with Crippen LogP contribution in [0.15, 0.2) is 46.8 Å². The Morgan fingerprint density at radius 1 is 1.15 bits per heavy atom. The first-order chi connectivity index (χ1) is 13.0.